The van der Waals surface area contributed by atoms with Gasteiger partial charge < -0.3 is 5.11 Å². The van der Waals surface area contributed by atoms with Crippen molar-refractivity contribution in [3.05, 3.63) is 29.1 Å². The van der Waals surface area contributed by atoms with Crippen molar-refractivity contribution in [3.63, 3.8) is 0 Å². The van der Waals surface area contributed by atoms with Crippen LogP contribution in [0, 0.1) is 40.9 Å². The van der Waals surface area contributed by atoms with Crippen LogP contribution in [0.1, 0.15) is 70.8 Å². The molecule has 4 fully saturated rings. The zero-order chi connectivity index (χ0) is 23.3. The van der Waals surface area contributed by atoms with Gasteiger partial charge in [0.1, 0.15) is 6.54 Å². The van der Waals surface area contributed by atoms with Crippen LogP contribution in [-0.4, -0.2) is 26.3 Å². The molecule has 8 atom stereocenters. The summed E-state index contributed by atoms with van der Waals surface area (Å²) in [5.74, 6) is 3.58. The maximum absolute atomic E-state index is 13.4. The van der Waals surface area contributed by atoms with Crippen molar-refractivity contribution in [1.29, 1.82) is 0 Å². The molecule has 1 heterocycles. The molecule has 33 heavy (non-hydrogen) atoms. The van der Waals surface area contributed by atoms with E-state index in [1.54, 1.807) is 0 Å². The van der Waals surface area contributed by atoms with Gasteiger partial charge in [-0.1, -0.05) is 12.5 Å². The van der Waals surface area contributed by atoms with Gasteiger partial charge in [-0.3, -0.25) is 9.48 Å². The number of Topliss-reactive ketones (excluding diaryl/α,β-unsaturated/α-hetero) is 1. The monoisotopic (exact) mass is 462 g/mol. The summed E-state index contributed by atoms with van der Waals surface area (Å²) in [6.07, 6.45) is 5.68. The molecule has 0 aromatic carbocycles. The van der Waals surface area contributed by atoms with Crippen molar-refractivity contribution in [3.8, 4) is 0 Å². The van der Waals surface area contributed by atoms with E-state index in [4.69, 9.17) is 0 Å². The summed E-state index contributed by atoms with van der Waals surface area (Å²) < 4.78 is 40.0. The normalized spacial score (nSPS) is 44.1. The number of alkyl halides is 3. The molecule has 180 valence electrons. The smallest absolute Gasteiger partial charge is 0.390 e. The third-order valence-electron chi connectivity index (χ3n) is 10.1. The molecule has 0 aliphatic heterocycles. The van der Waals surface area contributed by atoms with Crippen molar-refractivity contribution >= 4 is 5.78 Å². The minimum absolute atomic E-state index is 0.0461. The van der Waals surface area contributed by atoms with Crippen LogP contribution >= 0.6 is 0 Å². The Kier molecular flexibility index (Phi) is 4.61. The maximum atomic E-state index is 13.4. The Balaban J connectivity index is 1.22. The summed E-state index contributed by atoms with van der Waals surface area (Å²) in [7, 11) is 0. The number of carbonyl (C=O) groups is 1. The number of carbonyl (C=O) groups excluding carboxylic acids is 1. The molecule has 4 nitrogen and oxygen atoms in total. The first-order valence-corrected chi connectivity index (χ1v) is 12.6. The lowest BCUT2D eigenvalue weighted by molar-refractivity contribution is -0.137. The number of aliphatic hydroxyl groups is 1. The lowest BCUT2D eigenvalue weighted by atomic mass is 9.48. The van der Waals surface area contributed by atoms with E-state index in [1.807, 2.05) is 6.92 Å². The predicted molar refractivity (Wildman–Crippen MR) is 116 cm³/mol. The van der Waals surface area contributed by atoms with E-state index < -0.39 is 17.3 Å². The maximum Gasteiger partial charge on any atom is 0.419 e. The van der Waals surface area contributed by atoms with Gasteiger partial charge in [-0.05, 0) is 99.2 Å². The van der Waals surface area contributed by atoms with E-state index in [-0.39, 0.29) is 17.7 Å². The number of fused-ring (bicyclic) bond motifs is 7. The number of halogens is 3. The van der Waals surface area contributed by atoms with E-state index >= 15 is 0 Å². The zero-order valence-electron chi connectivity index (χ0n) is 19.4. The average Bonchev–Trinajstić information content (AvgIpc) is 3.20. The molecule has 0 unspecified atom stereocenters. The minimum atomic E-state index is -4.45. The Morgan fingerprint density at radius 1 is 1.15 bits per heavy atom. The third kappa shape index (κ3) is 3.35. The van der Waals surface area contributed by atoms with Crippen molar-refractivity contribution in [2.45, 2.75) is 83.5 Å². The van der Waals surface area contributed by atoms with Crippen LogP contribution in [0.3, 0.4) is 0 Å². The summed E-state index contributed by atoms with van der Waals surface area (Å²) >= 11 is 0. The second-order valence-corrected chi connectivity index (χ2v) is 12.1. The van der Waals surface area contributed by atoms with Crippen molar-refractivity contribution in [2.24, 2.45) is 40.9 Å². The first kappa shape index (κ1) is 21.9. The lowest BCUT2D eigenvalue weighted by Crippen LogP contribution is -2.51. The third-order valence-corrected chi connectivity index (χ3v) is 10.1. The molecule has 0 amide bonds. The standard InChI is InChI=1S/C26H33F3N2O2/c1-24(33)7-5-16-14(10-24)3-4-18-17(16)6-8-25(2)22(18)19-9-20(19)23(25)21(32)13-31-12-15(11-30-31)26(27,28)29/h11-12,14,16-19,22,33H,3-10,13H2,1-2H3/t14-,16+,17-,18-,19-,22-,24-,25+/m1/s1. The van der Waals surface area contributed by atoms with Gasteiger partial charge in [-0.2, -0.15) is 18.3 Å². The first-order chi connectivity index (χ1) is 15.5. The van der Waals surface area contributed by atoms with Crippen LogP contribution in [-0.2, 0) is 17.5 Å². The van der Waals surface area contributed by atoms with Gasteiger partial charge in [-0.15, -0.1) is 0 Å². The first-order valence-electron chi connectivity index (χ1n) is 12.6. The van der Waals surface area contributed by atoms with Crippen LogP contribution in [0.15, 0.2) is 23.5 Å². The van der Waals surface area contributed by atoms with E-state index in [0.717, 1.165) is 61.2 Å². The molecule has 1 N–H and O–H groups in total. The second kappa shape index (κ2) is 6.96. The molecular weight excluding hydrogens is 429 g/mol. The molecule has 0 bridgehead atoms. The summed E-state index contributed by atoms with van der Waals surface area (Å²) in [6.45, 7) is 4.12. The van der Waals surface area contributed by atoms with Crippen molar-refractivity contribution in [2.75, 3.05) is 0 Å². The van der Waals surface area contributed by atoms with Gasteiger partial charge >= 0.3 is 6.18 Å². The van der Waals surface area contributed by atoms with Crippen LogP contribution in [0.4, 0.5) is 13.2 Å². The summed E-state index contributed by atoms with van der Waals surface area (Å²) in [5.41, 5.74) is 0.729. The molecule has 0 radical (unpaired) electrons. The van der Waals surface area contributed by atoms with Crippen LogP contribution in [0.5, 0.6) is 0 Å². The van der Waals surface area contributed by atoms with Gasteiger partial charge in [0.2, 0.25) is 0 Å². The highest BCUT2D eigenvalue weighted by Gasteiger charge is 2.65. The molecule has 1 aromatic rings. The zero-order valence-corrected chi connectivity index (χ0v) is 19.4. The Bertz CT molecular complexity index is 1020. The van der Waals surface area contributed by atoms with Gasteiger partial charge in [0.25, 0.3) is 0 Å². The average molecular weight is 463 g/mol. The fraction of sp³-hybridized carbons (Fsp3) is 0.769. The molecule has 4 saturated carbocycles. The van der Waals surface area contributed by atoms with E-state index in [2.05, 4.69) is 12.0 Å². The highest BCUT2D eigenvalue weighted by molar-refractivity contribution is 5.99. The topological polar surface area (TPSA) is 55.1 Å². The summed E-state index contributed by atoms with van der Waals surface area (Å²) in [5, 5.41) is 14.4. The van der Waals surface area contributed by atoms with Gasteiger partial charge in [0.15, 0.2) is 5.78 Å². The highest BCUT2D eigenvalue weighted by atomic mass is 19.4. The molecule has 5 aliphatic carbocycles. The van der Waals surface area contributed by atoms with E-state index in [0.29, 0.717) is 35.5 Å². The Morgan fingerprint density at radius 2 is 1.91 bits per heavy atom. The van der Waals surface area contributed by atoms with Crippen LogP contribution in [0.2, 0.25) is 0 Å². The SMILES string of the molecule is C[C@@]1(O)CC[C@H]2[C@H](CC[C@@H]3[C@@H]2CC[C@]2(C)C(C(=O)Cn4cc(C(F)(F)F)cn4)=C4C[C@H]4[C@@H]32)C1. The highest BCUT2D eigenvalue weighted by Crippen LogP contribution is 2.72. The molecule has 6 rings (SSSR count). The summed E-state index contributed by atoms with van der Waals surface area (Å²) in [6, 6.07) is 0. The fourth-order valence-electron chi connectivity index (χ4n) is 8.86. The molecule has 5 aliphatic rings. The predicted octanol–water partition coefficient (Wildman–Crippen LogP) is 5.41. The molecule has 1 aromatic heterocycles. The second-order valence-electron chi connectivity index (χ2n) is 12.1. The Morgan fingerprint density at radius 3 is 2.64 bits per heavy atom. The number of hydrogen-bond donors (Lipinski definition) is 1. The largest absolute Gasteiger partial charge is 0.419 e. The van der Waals surface area contributed by atoms with Crippen LogP contribution < -0.4 is 0 Å². The quantitative estimate of drug-likeness (QED) is 0.653. The number of nitrogens with zero attached hydrogens (tertiary/aromatic N) is 2. The van der Waals surface area contributed by atoms with Gasteiger partial charge in [0, 0.05) is 11.8 Å². The van der Waals surface area contributed by atoms with Crippen molar-refractivity contribution in [1.82, 2.24) is 9.78 Å². The molecular formula is C26H33F3N2O2. The summed E-state index contributed by atoms with van der Waals surface area (Å²) in [4.78, 5) is 13.4. The number of ketones is 1. The van der Waals surface area contributed by atoms with Crippen molar-refractivity contribution < 1.29 is 23.1 Å². The van der Waals surface area contributed by atoms with Gasteiger partial charge in [-0.25, -0.2) is 0 Å². The van der Waals surface area contributed by atoms with Gasteiger partial charge in [0.05, 0.1) is 17.4 Å². The van der Waals surface area contributed by atoms with E-state index in [9.17, 15) is 23.1 Å². The fourth-order valence-corrected chi connectivity index (χ4v) is 8.86. The molecule has 7 heteroatoms. The Hall–Kier alpha value is -1.63. The van der Waals surface area contributed by atoms with Crippen LogP contribution in [0.25, 0.3) is 0 Å². The lowest BCUT2D eigenvalue weighted by Gasteiger charge is -2.57. The van der Waals surface area contributed by atoms with E-state index in [1.165, 1.54) is 18.4 Å². The molecule has 0 spiro atoms. The number of aromatic nitrogens is 2. The number of hydrogen-bond acceptors (Lipinski definition) is 3. The minimum Gasteiger partial charge on any atom is -0.390 e. The molecule has 0 saturated heterocycles. The Labute approximate surface area is 192 Å². The number of rotatable bonds is 3. The number of allylic oxidation sites excluding steroid dienone is 2.